The van der Waals surface area contributed by atoms with E-state index in [-0.39, 0.29) is 6.04 Å². The topological polar surface area (TPSA) is 63.0 Å². The van der Waals surface area contributed by atoms with Gasteiger partial charge < -0.3 is 10.4 Å². The minimum atomic E-state index is -3.39. The maximum atomic E-state index is 12.9. The van der Waals surface area contributed by atoms with Gasteiger partial charge in [0.05, 0.1) is 11.9 Å². The van der Waals surface area contributed by atoms with Gasteiger partial charge in [-0.1, -0.05) is 19.1 Å². The molecular formula is C8H14F2N4O. The molecule has 0 saturated heterocycles. The van der Waals surface area contributed by atoms with Gasteiger partial charge in [-0.2, -0.15) is 13.5 Å². The molecule has 0 amide bonds. The molecule has 0 bridgehead atoms. The monoisotopic (exact) mass is 220 g/mol. The molecular weight excluding hydrogens is 206 g/mol. The molecule has 0 radical (unpaired) electrons. The van der Waals surface area contributed by atoms with Crippen LogP contribution in [0.2, 0.25) is 0 Å². The second kappa shape index (κ2) is 4.63. The van der Waals surface area contributed by atoms with Gasteiger partial charge in [-0.3, -0.25) is 0 Å². The van der Waals surface area contributed by atoms with Crippen molar-refractivity contribution in [3.05, 3.63) is 11.9 Å². The lowest BCUT2D eigenvalue weighted by Crippen LogP contribution is -2.28. The van der Waals surface area contributed by atoms with Crippen LogP contribution in [-0.4, -0.2) is 32.7 Å². The Morgan fingerprint density at radius 2 is 2.27 bits per heavy atom. The van der Waals surface area contributed by atoms with Crippen molar-refractivity contribution in [3.8, 4) is 0 Å². The van der Waals surface area contributed by atoms with E-state index in [1.165, 1.54) is 0 Å². The standard InChI is InChI=1S/C8H14F2N4O/c1-6(2)11-3-7-4-14(13-12-7)8(9,10)5-15/h4,6,11,15H,3,5H2,1-2H3. The first-order valence-corrected chi connectivity index (χ1v) is 4.59. The third kappa shape index (κ3) is 3.21. The lowest BCUT2D eigenvalue weighted by molar-refractivity contribution is -0.131. The lowest BCUT2D eigenvalue weighted by Gasteiger charge is -2.11. The van der Waals surface area contributed by atoms with Crippen LogP contribution < -0.4 is 5.32 Å². The third-order valence-electron chi connectivity index (χ3n) is 1.76. The van der Waals surface area contributed by atoms with Gasteiger partial charge in [0.1, 0.15) is 6.61 Å². The van der Waals surface area contributed by atoms with Crippen LogP contribution in [0.5, 0.6) is 0 Å². The zero-order chi connectivity index (χ0) is 11.5. The molecule has 1 aromatic rings. The van der Waals surface area contributed by atoms with E-state index in [4.69, 9.17) is 5.11 Å². The quantitative estimate of drug-likeness (QED) is 0.750. The molecule has 0 unspecified atom stereocenters. The predicted octanol–water partition coefficient (Wildman–Crippen LogP) is 0.318. The van der Waals surface area contributed by atoms with E-state index in [1.807, 2.05) is 13.8 Å². The van der Waals surface area contributed by atoms with Crippen LogP contribution in [0, 0.1) is 0 Å². The van der Waals surface area contributed by atoms with Gasteiger partial charge in [-0.15, -0.1) is 5.10 Å². The fourth-order valence-electron chi connectivity index (χ4n) is 0.920. The van der Waals surface area contributed by atoms with Crippen LogP contribution in [0.25, 0.3) is 0 Å². The Labute approximate surface area is 86.1 Å². The first kappa shape index (κ1) is 12.0. The SMILES string of the molecule is CC(C)NCc1cn(C(F)(F)CO)nn1. The van der Waals surface area contributed by atoms with E-state index < -0.39 is 12.7 Å². The van der Waals surface area contributed by atoms with Crippen LogP contribution >= 0.6 is 0 Å². The van der Waals surface area contributed by atoms with E-state index in [1.54, 1.807) is 0 Å². The van der Waals surface area contributed by atoms with Gasteiger partial charge in [0, 0.05) is 12.6 Å². The number of aliphatic hydroxyl groups excluding tert-OH is 1. The normalized spacial score (nSPS) is 12.4. The second-order valence-corrected chi connectivity index (χ2v) is 3.51. The molecule has 0 aliphatic rings. The van der Waals surface area contributed by atoms with Crippen molar-refractivity contribution in [1.82, 2.24) is 20.3 Å². The molecule has 2 N–H and O–H groups in total. The van der Waals surface area contributed by atoms with Crippen LogP contribution in [0.4, 0.5) is 8.78 Å². The van der Waals surface area contributed by atoms with Gasteiger partial charge in [-0.05, 0) is 0 Å². The molecule has 0 saturated carbocycles. The average Bonchev–Trinajstić information content (AvgIpc) is 2.63. The van der Waals surface area contributed by atoms with Crippen molar-refractivity contribution < 1.29 is 13.9 Å². The van der Waals surface area contributed by atoms with Crippen LogP contribution in [-0.2, 0) is 12.6 Å². The highest BCUT2D eigenvalue weighted by Gasteiger charge is 2.31. The largest absolute Gasteiger partial charge is 0.388 e. The average molecular weight is 220 g/mol. The Hall–Kier alpha value is -1.08. The number of aromatic nitrogens is 3. The molecule has 1 rings (SSSR count). The van der Waals surface area contributed by atoms with Crippen molar-refractivity contribution >= 4 is 0 Å². The summed E-state index contributed by atoms with van der Waals surface area (Å²) in [6, 6.07) is -3.14. The summed E-state index contributed by atoms with van der Waals surface area (Å²) < 4.78 is 26.1. The Balaban J connectivity index is 2.64. The van der Waals surface area contributed by atoms with Crippen molar-refractivity contribution in [3.63, 3.8) is 0 Å². The molecule has 0 fully saturated rings. The molecule has 0 spiro atoms. The molecule has 86 valence electrons. The summed E-state index contributed by atoms with van der Waals surface area (Å²) >= 11 is 0. The van der Waals surface area contributed by atoms with E-state index in [0.717, 1.165) is 6.20 Å². The van der Waals surface area contributed by atoms with E-state index in [9.17, 15) is 8.78 Å². The Kier molecular flexibility index (Phi) is 3.70. The van der Waals surface area contributed by atoms with Crippen LogP contribution in [0.15, 0.2) is 6.20 Å². The van der Waals surface area contributed by atoms with E-state index in [0.29, 0.717) is 16.9 Å². The molecule has 1 heterocycles. The highest BCUT2D eigenvalue weighted by atomic mass is 19.3. The van der Waals surface area contributed by atoms with Crippen molar-refractivity contribution in [2.45, 2.75) is 32.5 Å². The summed E-state index contributed by atoms with van der Waals surface area (Å²) in [6.45, 7) is 2.96. The van der Waals surface area contributed by atoms with Gasteiger partial charge in [0.25, 0.3) is 0 Å². The number of alkyl halides is 2. The molecule has 5 nitrogen and oxygen atoms in total. The fraction of sp³-hybridized carbons (Fsp3) is 0.750. The summed E-state index contributed by atoms with van der Waals surface area (Å²) in [5.74, 6) is 0. The maximum Gasteiger partial charge on any atom is 0.367 e. The summed E-state index contributed by atoms with van der Waals surface area (Å²) in [5.41, 5.74) is 0.414. The zero-order valence-electron chi connectivity index (χ0n) is 8.61. The number of hydrogen-bond donors (Lipinski definition) is 2. The van der Waals surface area contributed by atoms with Gasteiger partial charge >= 0.3 is 6.05 Å². The zero-order valence-corrected chi connectivity index (χ0v) is 8.61. The second-order valence-electron chi connectivity index (χ2n) is 3.51. The Morgan fingerprint density at radius 3 is 2.80 bits per heavy atom. The first-order valence-electron chi connectivity index (χ1n) is 4.59. The molecule has 15 heavy (non-hydrogen) atoms. The minimum absolute atomic E-state index is 0.244. The maximum absolute atomic E-state index is 12.9. The molecule has 1 aromatic heterocycles. The van der Waals surface area contributed by atoms with E-state index >= 15 is 0 Å². The Morgan fingerprint density at radius 1 is 1.60 bits per heavy atom. The van der Waals surface area contributed by atoms with Gasteiger partial charge in [0.2, 0.25) is 0 Å². The lowest BCUT2D eigenvalue weighted by atomic mass is 10.3. The number of aliphatic hydroxyl groups is 1. The number of rotatable bonds is 5. The first-order chi connectivity index (χ1) is 6.95. The minimum Gasteiger partial charge on any atom is -0.388 e. The smallest absolute Gasteiger partial charge is 0.367 e. The van der Waals surface area contributed by atoms with Crippen LogP contribution in [0.1, 0.15) is 19.5 Å². The fourth-order valence-corrected chi connectivity index (χ4v) is 0.920. The number of hydrogen-bond acceptors (Lipinski definition) is 4. The number of halogens is 2. The summed E-state index contributed by atoms with van der Waals surface area (Å²) in [4.78, 5) is 0. The van der Waals surface area contributed by atoms with Gasteiger partial charge in [0.15, 0.2) is 0 Å². The molecule has 0 aliphatic carbocycles. The Bertz CT molecular complexity index is 313. The predicted molar refractivity (Wildman–Crippen MR) is 49.3 cm³/mol. The summed E-state index contributed by atoms with van der Waals surface area (Å²) in [5, 5.41) is 18.3. The molecule has 0 aliphatic heterocycles. The third-order valence-corrected chi connectivity index (χ3v) is 1.76. The van der Waals surface area contributed by atoms with Crippen LogP contribution in [0.3, 0.4) is 0 Å². The molecule has 0 atom stereocenters. The van der Waals surface area contributed by atoms with E-state index in [2.05, 4.69) is 15.6 Å². The van der Waals surface area contributed by atoms with Crippen molar-refractivity contribution in [2.75, 3.05) is 6.61 Å². The molecule has 7 heteroatoms. The van der Waals surface area contributed by atoms with Gasteiger partial charge in [-0.25, -0.2) is 0 Å². The summed E-state index contributed by atoms with van der Waals surface area (Å²) in [7, 11) is 0. The molecule has 0 aromatic carbocycles. The highest BCUT2D eigenvalue weighted by Crippen LogP contribution is 2.17. The van der Waals surface area contributed by atoms with Crippen molar-refractivity contribution in [2.24, 2.45) is 0 Å². The highest BCUT2D eigenvalue weighted by molar-refractivity contribution is 4.93. The summed E-state index contributed by atoms with van der Waals surface area (Å²) in [6.07, 6.45) is 1.12. The van der Waals surface area contributed by atoms with Crippen molar-refractivity contribution in [1.29, 1.82) is 0 Å². The number of nitrogens with one attached hydrogen (secondary N) is 1. The number of nitrogens with zero attached hydrogens (tertiary/aromatic N) is 3.